The first kappa shape index (κ1) is 20.2. The van der Waals surface area contributed by atoms with E-state index in [9.17, 15) is 4.79 Å². The van der Waals surface area contributed by atoms with Crippen LogP contribution in [0.3, 0.4) is 0 Å². The van der Waals surface area contributed by atoms with Gasteiger partial charge in [-0.05, 0) is 35.5 Å². The van der Waals surface area contributed by atoms with Gasteiger partial charge in [0, 0.05) is 6.54 Å². The third-order valence-corrected chi connectivity index (χ3v) is 4.70. The van der Waals surface area contributed by atoms with E-state index in [1.165, 1.54) is 10.9 Å². The zero-order valence-corrected chi connectivity index (χ0v) is 17.0. The number of imidazole rings is 1. The molecule has 13 heteroatoms. The van der Waals surface area contributed by atoms with E-state index < -0.39 is 5.91 Å². The SMILES string of the molecule is CCN(CC)Cc1c(C(=O)N/N=C/c2nc3ccccc3[nH]2)nnn1-c1nonc1N. The fourth-order valence-corrected chi connectivity index (χ4v) is 3.03. The van der Waals surface area contributed by atoms with Crippen molar-refractivity contribution in [2.75, 3.05) is 18.8 Å². The molecule has 3 heterocycles. The zero-order valence-electron chi connectivity index (χ0n) is 17.0. The third-order valence-electron chi connectivity index (χ3n) is 4.70. The van der Waals surface area contributed by atoms with Gasteiger partial charge in [0.1, 0.15) is 0 Å². The van der Waals surface area contributed by atoms with E-state index in [4.69, 9.17) is 5.73 Å². The summed E-state index contributed by atoms with van der Waals surface area (Å²) >= 11 is 0. The molecule has 0 aliphatic rings. The first-order valence-corrected chi connectivity index (χ1v) is 9.64. The van der Waals surface area contributed by atoms with Crippen molar-refractivity contribution in [3.05, 3.63) is 41.5 Å². The average molecular weight is 423 g/mol. The Balaban J connectivity index is 1.57. The van der Waals surface area contributed by atoms with Gasteiger partial charge in [0.05, 0.1) is 22.9 Å². The summed E-state index contributed by atoms with van der Waals surface area (Å²) in [5, 5.41) is 19.3. The Labute approximate surface area is 176 Å². The summed E-state index contributed by atoms with van der Waals surface area (Å²) in [6.45, 7) is 5.95. The predicted molar refractivity (Wildman–Crippen MR) is 111 cm³/mol. The largest absolute Gasteiger partial charge is 0.378 e. The molecule has 4 rings (SSSR count). The summed E-state index contributed by atoms with van der Waals surface area (Å²) in [4.78, 5) is 22.3. The molecule has 4 aromatic rings. The molecule has 31 heavy (non-hydrogen) atoms. The summed E-state index contributed by atoms with van der Waals surface area (Å²) in [5.41, 5.74) is 10.5. The van der Waals surface area contributed by atoms with Crippen molar-refractivity contribution >= 4 is 29.0 Å². The molecule has 0 spiro atoms. The Morgan fingerprint density at radius 1 is 1.32 bits per heavy atom. The lowest BCUT2D eigenvalue weighted by molar-refractivity contribution is 0.0948. The number of fused-ring (bicyclic) bond motifs is 1. The number of anilines is 1. The highest BCUT2D eigenvalue weighted by molar-refractivity contribution is 5.94. The summed E-state index contributed by atoms with van der Waals surface area (Å²) in [6.07, 6.45) is 1.42. The molecule has 0 bridgehead atoms. The Morgan fingerprint density at radius 2 is 2.13 bits per heavy atom. The quantitative estimate of drug-likeness (QED) is 0.273. The molecule has 0 aliphatic heterocycles. The lowest BCUT2D eigenvalue weighted by Crippen LogP contribution is -2.27. The molecule has 1 amide bonds. The summed E-state index contributed by atoms with van der Waals surface area (Å²) in [5.74, 6) is 0.186. The van der Waals surface area contributed by atoms with Gasteiger partial charge in [0.2, 0.25) is 11.6 Å². The van der Waals surface area contributed by atoms with Crippen LogP contribution in [-0.2, 0) is 6.54 Å². The van der Waals surface area contributed by atoms with E-state index in [1.54, 1.807) is 0 Å². The predicted octanol–water partition coefficient (Wildman–Crippen LogP) is 0.715. The van der Waals surface area contributed by atoms with Gasteiger partial charge in [-0.25, -0.2) is 15.0 Å². The van der Waals surface area contributed by atoms with Gasteiger partial charge in [0.25, 0.3) is 5.91 Å². The van der Waals surface area contributed by atoms with Crippen LogP contribution in [0.2, 0.25) is 0 Å². The number of amides is 1. The number of nitrogens with zero attached hydrogens (tertiary/aromatic N) is 8. The van der Waals surface area contributed by atoms with E-state index in [2.05, 4.69) is 50.6 Å². The van der Waals surface area contributed by atoms with Crippen molar-refractivity contribution in [3.8, 4) is 5.82 Å². The second-order valence-electron chi connectivity index (χ2n) is 6.57. The Bertz CT molecular complexity index is 1190. The Morgan fingerprint density at radius 3 is 2.84 bits per heavy atom. The first-order chi connectivity index (χ1) is 15.1. The number of benzene rings is 1. The number of nitrogens with one attached hydrogen (secondary N) is 2. The summed E-state index contributed by atoms with van der Waals surface area (Å²) in [6, 6.07) is 7.58. The van der Waals surface area contributed by atoms with Crippen LogP contribution in [0.15, 0.2) is 34.0 Å². The second kappa shape index (κ2) is 8.71. The smallest absolute Gasteiger partial charge is 0.293 e. The first-order valence-electron chi connectivity index (χ1n) is 9.64. The zero-order chi connectivity index (χ0) is 21.8. The minimum atomic E-state index is -0.532. The van der Waals surface area contributed by atoms with Crippen molar-refractivity contribution in [1.29, 1.82) is 0 Å². The van der Waals surface area contributed by atoms with E-state index >= 15 is 0 Å². The molecule has 0 aliphatic carbocycles. The van der Waals surface area contributed by atoms with Crippen LogP contribution >= 0.6 is 0 Å². The number of hydrazone groups is 1. The molecule has 0 unspecified atom stereocenters. The number of carbonyl (C=O) groups is 1. The highest BCUT2D eigenvalue weighted by atomic mass is 16.6. The van der Waals surface area contributed by atoms with Crippen molar-refractivity contribution in [2.45, 2.75) is 20.4 Å². The van der Waals surface area contributed by atoms with Crippen LogP contribution in [0, 0.1) is 0 Å². The molecule has 3 aromatic heterocycles. The van der Waals surface area contributed by atoms with Crippen LogP contribution in [0.4, 0.5) is 5.82 Å². The number of nitrogen functional groups attached to an aromatic ring is 1. The van der Waals surface area contributed by atoms with Crippen LogP contribution in [0.1, 0.15) is 35.9 Å². The highest BCUT2D eigenvalue weighted by Crippen LogP contribution is 2.17. The molecule has 0 radical (unpaired) electrons. The summed E-state index contributed by atoms with van der Waals surface area (Å²) in [7, 11) is 0. The normalized spacial score (nSPS) is 11.7. The van der Waals surface area contributed by atoms with Gasteiger partial charge in [0.15, 0.2) is 11.5 Å². The Hall–Kier alpha value is -4.13. The molecule has 160 valence electrons. The van der Waals surface area contributed by atoms with Crippen LogP contribution in [0.25, 0.3) is 16.9 Å². The van der Waals surface area contributed by atoms with Gasteiger partial charge >= 0.3 is 0 Å². The van der Waals surface area contributed by atoms with Gasteiger partial charge in [-0.2, -0.15) is 9.78 Å². The van der Waals surface area contributed by atoms with Crippen molar-refractivity contribution in [1.82, 2.24) is 45.6 Å². The van der Waals surface area contributed by atoms with E-state index in [1.807, 2.05) is 38.1 Å². The fraction of sp³-hybridized carbons (Fsp3) is 0.278. The second-order valence-corrected chi connectivity index (χ2v) is 6.57. The molecule has 13 nitrogen and oxygen atoms in total. The monoisotopic (exact) mass is 423 g/mol. The van der Waals surface area contributed by atoms with E-state index in [-0.39, 0.29) is 17.3 Å². The van der Waals surface area contributed by atoms with Gasteiger partial charge in [-0.3, -0.25) is 9.69 Å². The number of hydrogen-bond acceptors (Lipinski definition) is 10. The average Bonchev–Trinajstić information content (AvgIpc) is 3.49. The van der Waals surface area contributed by atoms with Crippen molar-refractivity contribution < 1.29 is 9.42 Å². The third kappa shape index (κ3) is 4.11. The number of para-hydroxylation sites is 2. The fourth-order valence-electron chi connectivity index (χ4n) is 3.03. The number of rotatable bonds is 8. The molecule has 0 atom stereocenters. The standard InChI is InChI=1S/C18H21N11O2/c1-3-28(4-2)10-13-15(23-27-29(13)17-16(19)25-31-26-17)18(30)24-20-9-14-21-11-7-5-6-8-12(11)22-14/h5-9H,3-4,10H2,1-2H3,(H2,19,25)(H,21,22)(H,24,30)/b20-9+. The van der Waals surface area contributed by atoms with Gasteiger partial charge < -0.3 is 10.7 Å². The molecule has 0 saturated heterocycles. The minimum Gasteiger partial charge on any atom is -0.378 e. The number of carbonyl (C=O) groups excluding carboxylic acids is 1. The molecule has 1 aromatic carbocycles. The number of aromatic nitrogens is 7. The lowest BCUT2D eigenvalue weighted by atomic mass is 10.2. The van der Waals surface area contributed by atoms with E-state index in [0.717, 1.165) is 24.1 Å². The van der Waals surface area contributed by atoms with Crippen LogP contribution < -0.4 is 11.2 Å². The number of H-pyrrole nitrogens is 1. The lowest BCUT2D eigenvalue weighted by Gasteiger charge is -2.18. The molecule has 0 saturated carbocycles. The molecule has 4 N–H and O–H groups in total. The maximum Gasteiger partial charge on any atom is 0.293 e. The van der Waals surface area contributed by atoms with Gasteiger partial charge in [-0.15, -0.1) is 5.10 Å². The van der Waals surface area contributed by atoms with Crippen LogP contribution in [0.5, 0.6) is 0 Å². The minimum absolute atomic E-state index is 0.0422. The molecule has 0 fully saturated rings. The number of hydrogen-bond donors (Lipinski definition) is 3. The van der Waals surface area contributed by atoms with Crippen molar-refractivity contribution in [2.24, 2.45) is 5.10 Å². The number of aromatic amines is 1. The molecular weight excluding hydrogens is 402 g/mol. The Kier molecular flexibility index (Phi) is 5.66. The summed E-state index contributed by atoms with van der Waals surface area (Å²) < 4.78 is 6.01. The topological polar surface area (TPSA) is 169 Å². The van der Waals surface area contributed by atoms with E-state index in [0.29, 0.717) is 18.1 Å². The van der Waals surface area contributed by atoms with Crippen molar-refractivity contribution in [3.63, 3.8) is 0 Å². The highest BCUT2D eigenvalue weighted by Gasteiger charge is 2.24. The van der Waals surface area contributed by atoms with Crippen LogP contribution in [-0.4, -0.2) is 65.4 Å². The molecular formula is C18H21N11O2. The number of nitrogens with two attached hydrogens (primary N) is 1. The maximum atomic E-state index is 12.8. The van der Waals surface area contributed by atoms with Gasteiger partial charge in [-0.1, -0.05) is 31.2 Å². The maximum absolute atomic E-state index is 12.8.